The number of esters is 2. The van der Waals surface area contributed by atoms with Gasteiger partial charge in [0.1, 0.15) is 6.61 Å². The highest BCUT2D eigenvalue weighted by atomic mass is 16.6. The van der Waals surface area contributed by atoms with Crippen molar-refractivity contribution in [2.24, 2.45) is 0 Å². The number of carbonyl (C=O) groups excluding carboxylic acids is 2. The van der Waals surface area contributed by atoms with Crippen molar-refractivity contribution >= 4 is 11.9 Å². The van der Waals surface area contributed by atoms with E-state index >= 15 is 0 Å². The van der Waals surface area contributed by atoms with Crippen LogP contribution in [0.2, 0.25) is 0 Å². The van der Waals surface area contributed by atoms with E-state index in [2.05, 4.69) is 81.5 Å². The highest BCUT2D eigenvalue weighted by Crippen LogP contribution is 2.15. The summed E-state index contributed by atoms with van der Waals surface area (Å²) in [7, 11) is 0. The van der Waals surface area contributed by atoms with Crippen molar-refractivity contribution in [2.75, 3.05) is 19.8 Å². The average molecular weight is 867 g/mol. The molecule has 0 bridgehead atoms. The Morgan fingerprint density at radius 3 is 1.16 bits per heavy atom. The van der Waals surface area contributed by atoms with Crippen LogP contribution in [0, 0.1) is 0 Å². The van der Waals surface area contributed by atoms with Crippen LogP contribution in [-0.2, 0) is 23.8 Å². The predicted molar refractivity (Wildman–Crippen MR) is 270 cm³/mol. The van der Waals surface area contributed by atoms with Crippen LogP contribution in [0.4, 0.5) is 0 Å². The fourth-order valence-corrected chi connectivity index (χ4v) is 7.60. The summed E-state index contributed by atoms with van der Waals surface area (Å²) < 4.78 is 17.4. The molecule has 1 unspecified atom stereocenters. The van der Waals surface area contributed by atoms with E-state index in [0.717, 1.165) is 83.5 Å². The van der Waals surface area contributed by atoms with Gasteiger partial charge in [-0.3, -0.25) is 9.59 Å². The van der Waals surface area contributed by atoms with E-state index in [9.17, 15) is 9.59 Å². The third kappa shape index (κ3) is 50.2. The molecule has 0 fully saturated rings. The second-order valence-corrected chi connectivity index (χ2v) is 17.8. The standard InChI is InChI=1S/C57H102O5/c1-4-7-10-13-16-19-22-25-27-28-29-30-32-33-35-38-41-44-47-50-56(58)61-54-55(53-60-52-49-46-43-40-37-24-21-18-15-12-9-6-3)62-57(59)51-48-45-42-39-36-34-31-26-23-20-17-14-11-8-5-2/h7,10,16,19,25,27,29-30,33,35,55H,4-6,8-9,11-15,17-18,20-24,26,28,31-32,34,36-54H2,1-3H3/b10-7-,19-16-,27-25-,30-29-,35-33-. The van der Waals surface area contributed by atoms with Crippen molar-refractivity contribution in [2.45, 2.75) is 271 Å². The Labute approximate surface area is 385 Å². The summed E-state index contributed by atoms with van der Waals surface area (Å²) in [5.41, 5.74) is 0. The number of hydrogen-bond acceptors (Lipinski definition) is 5. The van der Waals surface area contributed by atoms with Gasteiger partial charge in [-0.15, -0.1) is 0 Å². The van der Waals surface area contributed by atoms with Crippen LogP contribution in [-0.4, -0.2) is 37.9 Å². The molecule has 0 aromatic carbocycles. The number of ether oxygens (including phenoxy) is 3. The maximum atomic E-state index is 12.8. The third-order valence-corrected chi connectivity index (χ3v) is 11.6. The van der Waals surface area contributed by atoms with Crippen molar-refractivity contribution < 1.29 is 23.8 Å². The predicted octanol–water partition coefficient (Wildman–Crippen LogP) is 18.1. The molecular formula is C57H102O5. The van der Waals surface area contributed by atoms with Crippen molar-refractivity contribution in [3.05, 3.63) is 60.8 Å². The van der Waals surface area contributed by atoms with Crippen molar-refractivity contribution in [1.82, 2.24) is 0 Å². The normalized spacial score (nSPS) is 12.6. The van der Waals surface area contributed by atoms with Crippen LogP contribution in [0.3, 0.4) is 0 Å². The summed E-state index contributed by atoms with van der Waals surface area (Å²) in [6.45, 7) is 7.72. The van der Waals surface area contributed by atoms with E-state index in [4.69, 9.17) is 14.2 Å². The fourth-order valence-electron chi connectivity index (χ4n) is 7.60. The third-order valence-electron chi connectivity index (χ3n) is 11.6. The molecule has 0 spiro atoms. The summed E-state index contributed by atoms with van der Waals surface area (Å²) >= 11 is 0. The van der Waals surface area contributed by atoms with Gasteiger partial charge in [0.25, 0.3) is 0 Å². The quantitative estimate of drug-likeness (QED) is 0.0346. The van der Waals surface area contributed by atoms with Crippen LogP contribution in [0.5, 0.6) is 0 Å². The fraction of sp³-hybridized carbons (Fsp3) is 0.789. The Hall–Kier alpha value is -2.40. The second kappa shape index (κ2) is 52.9. The zero-order chi connectivity index (χ0) is 44.9. The molecule has 0 radical (unpaired) electrons. The molecule has 5 heteroatoms. The van der Waals surface area contributed by atoms with E-state index in [0.29, 0.717) is 19.4 Å². The minimum atomic E-state index is -0.546. The average Bonchev–Trinajstić information content (AvgIpc) is 3.27. The zero-order valence-corrected chi connectivity index (χ0v) is 41.4. The summed E-state index contributed by atoms with van der Waals surface area (Å²) in [4.78, 5) is 25.4. The van der Waals surface area contributed by atoms with Crippen LogP contribution in [0.1, 0.15) is 265 Å². The number of carbonyl (C=O) groups is 2. The lowest BCUT2D eigenvalue weighted by atomic mass is 10.0. The van der Waals surface area contributed by atoms with Gasteiger partial charge in [-0.05, 0) is 64.2 Å². The molecule has 0 aromatic heterocycles. The molecule has 0 aliphatic heterocycles. The molecular weight excluding hydrogens is 765 g/mol. The molecule has 0 heterocycles. The van der Waals surface area contributed by atoms with E-state index in [1.165, 1.54) is 148 Å². The first kappa shape index (κ1) is 59.6. The smallest absolute Gasteiger partial charge is 0.306 e. The first-order chi connectivity index (χ1) is 30.6. The first-order valence-electron chi connectivity index (χ1n) is 26.8. The van der Waals surface area contributed by atoms with Gasteiger partial charge in [-0.25, -0.2) is 0 Å². The van der Waals surface area contributed by atoms with E-state index in [1.807, 2.05) is 0 Å². The van der Waals surface area contributed by atoms with E-state index < -0.39 is 6.10 Å². The number of allylic oxidation sites excluding steroid dienone is 10. The van der Waals surface area contributed by atoms with Gasteiger partial charge in [-0.1, -0.05) is 248 Å². The minimum absolute atomic E-state index is 0.0713. The summed E-state index contributed by atoms with van der Waals surface area (Å²) in [5.74, 6) is -0.422. The second-order valence-electron chi connectivity index (χ2n) is 17.8. The monoisotopic (exact) mass is 867 g/mol. The van der Waals surface area contributed by atoms with Gasteiger partial charge < -0.3 is 14.2 Å². The summed E-state index contributed by atoms with van der Waals surface area (Å²) in [6.07, 6.45) is 66.6. The van der Waals surface area contributed by atoms with Gasteiger partial charge in [0.2, 0.25) is 0 Å². The molecule has 0 saturated carbocycles. The maximum Gasteiger partial charge on any atom is 0.306 e. The number of unbranched alkanes of at least 4 members (excludes halogenated alkanes) is 28. The maximum absolute atomic E-state index is 12.8. The van der Waals surface area contributed by atoms with Crippen molar-refractivity contribution in [3.63, 3.8) is 0 Å². The molecule has 62 heavy (non-hydrogen) atoms. The van der Waals surface area contributed by atoms with Crippen LogP contribution in [0.25, 0.3) is 0 Å². The molecule has 0 amide bonds. The highest BCUT2D eigenvalue weighted by Gasteiger charge is 2.17. The van der Waals surface area contributed by atoms with Crippen LogP contribution >= 0.6 is 0 Å². The Morgan fingerprint density at radius 1 is 0.371 bits per heavy atom. The Balaban J connectivity index is 4.29. The summed E-state index contributed by atoms with van der Waals surface area (Å²) in [5, 5.41) is 0. The molecule has 1 atom stereocenters. The number of hydrogen-bond donors (Lipinski definition) is 0. The largest absolute Gasteiger partial charge is 0.462 e. The molecule has 5 nitrogen and oxygen atoms in total. The van der Waals surface area contributed by atoms with Gasteiger partial charge in [0.15, 0.2) is 6.10 Å². The summed E-state index contributed by atoms with van der Waals surface area (Å²) in [6, 6.07) is 0. The van der Waals surface area contributed by atoms with E-state index in [1.54, 1.807) is 0 Å². The molecule has 0 aliphatic rings. The Kier molecular flexibility index (Phi) is 50.9. The highest BCUT2D eigenvalue weighted by molar-refractivity contribution is 5.70. The van der Waals surface area contributed by atoms with Crippen molar-refractivity contribution in [1.29, 1.82) is 0 Å². The Bertz CT molecular complexity index is 1070. The first-order valence-corrected chi connectivity index (χ1v) is 26.8. The SMILES string of the molecule is CC/C=C\C/C=C\C/C=C\C/C=C\C/C=C\CCCCCC(=O)OCC(COCCCCCCCCCCCCCC)OC(=O)CCCCCCCCCCCCCCCCC. The molecule has 0 aliphatic carbocycles. The topological polar surface area (TPSA) is 61.8 Å². The van der Waals surface area contributed by atoms with Gasteiger partial charge >= 0.3 is 11.9 Å². The Morgan fingerprint density at radius 2 is 0.726 bits per heavy atom. The van der Waals surface area contributed by atoms with Gasteiger partial charge in [0, 0.05) is 19.4 Å². The lowest BCUT2D eigenvalue weighted by molar-refractivity contribution is -0.163. The minimum Gasteiger partial charge on any atom is -0.462 e. The van der Waals surface area contributed by atoms with Crippen LogP contribution in [0.15, 0.2) is 60.8 Å². The lowest BCUT2D eigenvalue weighted by Gasteiger charge is -2.18. The molecule has 0 saturated heterocycles. The zero-order valence-electron chi connectivity index (χ0n) is 41.4. The van der Waals surface area contributed by atoms with Gasteiger partial charge in [-0.2, -0.15) is 0 Å². The number of rotatable bonds is 49. The van der Waals surface area contributed by atoms with E-state index in [-0.39, 0.29) is 25.2 Å². The van der Waals surface area contributed by atoms with Crippen LogP contribution < -0.4 is 0 Å². The molecule has 0 aromatic rings. The molecule has 0 rings (SSSR count). The van der Waals surface area contributed by atoms with Crippen molar-refractivity contribution in [3.8, 4) is 0 Å². The van der Waals surface area contributed by atoms with Gasteiger partial charge in [0.05, 0.1) is 6.61 Å². The molecule has 360 valence electrons. The lowest BCUT2D eigenvalue weighted by Crippen LogP contribution is -2.30. The molecule has 0 N–H and O–H groups in total.